The molecule has 1 saturated heterocycles. The number of likely N-dealkylation sites (tertiary alicyclic amines) is 1. The molecule has 3 heterocycles. The third-order valence-electron chi connectivity index (χ3n) is 7.54. The number of carbonyl (C=O) groups is 1. The van der Waals surface area contributed by atoms with Crippen molar-refractivity contribution in [3.63, 3.8) is 0 Å². The van der Waals surface area contributed by atoms with Gasteiger partial charge in [-0.1, -0.05) is 26.0 Å². The Hall–Kier alpha value is -3.18. The number of H-pyrrole nitrogens is 1. The van der Waals surface area contributed by atoms with Crippen molar-refractivity contribution in [2.75, 3.05) is 33.7 Å². The van der Waals surface area contributed by atoms with E-state index in [1.54, 1.807) is 4.90 Å². The molecule has 0 aliphatic carbocycles. The molecule has 1 fully saturated rings. The zero-order valence-corrected chi connectivity index (χ0v) is 21.6. The Bertz CT molecular complexity index is 1380. The minimum absolute atomic E-state index is 0.186. The van der Waals surface area contributed by atoms with Gasteiger partial charge < -0.3 is 9.88 Å². The van der Waals surface area contributed by atoms with E-state index in [9.17, 15) is 4.79 Å². The zero-order chi connectivity index (χ0) is 24.7. The van der Waals surface area contributed by atoms with Crippen LogP contribution >= 0.6 is 0 Å². The van der Waals surface area contributed by atoms with Crippen LogP contribution in [0.4, 0.5) is 0 Å². The lowest BCUT2D eigenvalue weighted by molar-refractivity contribution is -0.130. The van der Waals surface area contributed by atoms with Gasteiger partial charge in [0, 0.05) is 42.3 Å². The Kier molecular flexibility index (Phi) is 6.37. The summed E-state index contributed by atoms with van der Waals surface area (Å²) < 4.78 is 0. The normalized spacial score (nSPS) is 15.4. The van der Waals surface area contributed by atoms with Crippen LogP contribution < -0.4 is 0 Å². The summed E-state index contributed by atoms with van der Waals surface area (Å²) in [6, 6.07) is 15.7. The van der Waals surface area contributed by atoms with Gasteiger partial charge in [0.05, 0.1) is 12.1 Å². The number of aryl methyl sites for hydroxylation is 1. The molecule has 0 spiro atoms. The van der Waals surface area contributed by atoms with Crippen LogP contribution in [0.2, 0.25) is 0 Å². The highest BCUT2D eigenvalue weighted by molar-refractivity contribution is 5.94. The first-order valence-corrected chi connectivity index (χ1v) is 12.8. The molecule has 1 aliphatic heterocycles. The number of amides is 1. The highest BCUT2D eigenvalue weighted by atomic mass is 16.2. The van der Waals surface area contributed by atoms with E-state index >= 15 is 0 Å². The summed E-state index contributed by atoms with van der Waals surface area (Å²) in [5, 5.41) is 2.51. The molecule has 5 nitrogen and oxygen atoms in total. The average molecular weight is 469 g/mol. The Morgan fingerprint density at radius 3 is 2.63 bits per heavy atom. The minimum Gasteiger partial charge on any atom is -0.354 e. The van der Waals surface area contributed by atoms with Gasteiger partial charge in [0.25, 0.3) is 0 Å². The standard InChI is InChI=1S/C30H36N4O/c1-19(2)28-25-17-22(21-10-13-34(14-11-21)18-27(35)33(4)5)8-9-26(25)32-30(28)24-15-20(3)29-23(16-24)7-6-12-31-29/h6-9,12,15-17,19,21,32H,10-11,13-14,18H2,1-5H3. The van der Waals surface area contributed by atoms with Gasteiger partial charge in [-0.25, -0.2) is 0 Å². The molecule has 4 aromatic rings. The van der Waals surface area contributed by atoms with Gasteiger partial charge in [-0.15, -0.1) is 0 Å². The van der Waals surface area contributed by atoms with E-state index in [-0.39, 0.29) is 5.91 Å². The van der Waals surface area contributed by atoms with E-state index in [1.165, 1.54) is 44.2 Å². The lowest BCUT2D eigenvalue weighted by Gasteiger charge is -2.32. The van der Waals surface area contributed by atoms with Crippen LogP contribution in [0.5, 0.6) is 0 Å². The summed E-state index contributed by atoms with van der Waals surface area (Å²) in [4.78, 5) is 24.4. The number of hydrogen-bond acceptors (Lipinski definition) is 3. The van der Waals surface area contributed by atoms with Crippen molar-refractivity contribution in [1.82, 2.24) is 19.8 Å². The highest BCUT2D eigenvalue weighted by Crippen LogP contribution is 2.39. The maximum atomic E-state index is 12.1. The van der Waals surface area contributed by atoms with E-state index in [2.05, 4.69) is 72.0 Å². The summed E-state index contributed by atoms with van der Waals surface area (Å²) >= 11 is 0. The summed E-state index contributed by atoms with van der Waals surface area (Å²) in [5.74, 6) is 1.13. The molecular weight excluding hydrogens is 432 g/mol. The smallest absolute Gasteiger partial charge is 0.236 e. The van der Waals surface area contributed by atoms with Crippen LogP contribution in [0.15, 0.2) is 48.7 Å². The maximum absolute atomic E-state index is 12.1. The van der Waals surface area contributed by atoms with Gasteiger partial charge in [-0.3, -0.25) is 14.7 Å². The summed E-state index contributed by atoms with van der Waals surface area (Å²) in [7, 11) is 3.66. The van der Waals surface area contributed by atoms with Crippen LogP contribution in [0.1, 0.15) is 55.2 Å². The van der Waals surface area contributed by atoms with Gasteiger partial charge in [0.2, 0.25) is 5.91 Å². The first-order valence-electron chi connectivity index (χ1n) is 12.8. The lowest BCUT2D eigenvalue weighted by atomic mass is 9.87. The molecule has 2 aromatic heterocycles. The molecular formula is C30H36N4O. The SMILES string of the molecule is Cc1cc(-c2[nH]c3ccc(C4CCN(CC(=O)N(C)C)CC4)cc3c2C(C)C)cc2cccnc12. The molecule has 0 saturated carbocycles. The summed E-state index contributed by atoms with van der Waals surface area (Å²) in [5.41, 5.74) is 8.72. The van der Waals surface area contributed by atoms with E-state index in [0.29, 0.717) is 18.4 Å². The second-order valence-corrected chi connectivity index (χ2v) is 10.6. The van der Waals surface area contributed by atoms with Crippen molar-refractivity contribution in [2.24, 2.45) is 0 Å². The van der Waals surface area contributed by atoms with Gasteiger partial charge in [0.15, 0.2) is 0 Å². The molecule has 1 amide bonds. The van der Waals surface area contributed by atoms with E-state index in [4.69, 9.17) is 0 Å². The molecule has 182 valence electrons. The second kappa shape index (κ2) is 9.46. The Morgan fingerprint density at radius 1 is 1.14 bits per heavy atom. The van der Waals surface area contributed by atoms with Gasteiger partial charge in [0.1, 0.15) is 0 Å². The number of likely N-dealkylation sites (N-methyl/N-ethyl adjacent to an activating group) is 1. The third kappa shape index (κ3) is 4.57. The fourth-order valence-corrected chi connectivity index (χ4v) is 5.59. The summed E-state index contributed by atoms with van der Waals surface area (Å²) in [6.45, 7) is 9.19. The van der Waals surface area contributed by atoms with Crippen LogP contribution in [0, 0.1) is 6.92 Å². The predicted octanol–water partition coefficient (Wildman–Crippen LogP) is 6.08. The van der Waals surface area contributed by atoms with Gasteiger partial charge in [-0.2, -0.15) is 0 Å². The molecule has 35 heavy (non-hydrogen) atoms. The Morgan fingerprint density at radius 2 is 1.91 bits per heavy atom. The number of aromatic amines is 1. The molecule has 0 unspecified atom stereocenters. The third-order valence-corrected chi connectivity index (χ3v) is 7.54. The van der Waals surface area contributed by atoms with Crippen molar-refractivity contribution in [1.29, 1.82) is 0 Å². The number of benzene rings is 2. The van der Waals surface area contributed by atoms with Gasteiger partial charge in [-0.05, 0) is 97.3 Å². The van der Waals surface area contributed by atoms with E-state index in [0.717, 1.165) is 31.4 Å². The molecule has 1 aliphatic rings. The first kappa shape index (κ1) is 23.6. The zero-order valence-electron chi connectivity index (χ0n) is 21.6. The Labute approximate surface area is 208 Å². The molecule has 0 bridgehead atoms. The fourth-order valence-electron chi connectivity index (χ4n) is 5.59. The van der Waals surface area contributed by atoms with Crippen molar-refractivity contribution < 1.29 is 4.79 Å². The van der Waals surface area contributed by atoms with Crippen LogP contribution in [-0.4, -0.2) is 59.4 Å². The maximum Gasteiger partial charge on any atom is 0.236 e. The number of fused-ring (bicyclic) bond motifs is 2. The van der Waals surface area contributed by atoms with Crippen molar-refractivity contribution in [3.8, 4) is 11.3 Å². The minimum atomic E-state index is 0.186. The molecule has 2 aromatic carbocycles. The number of rotatable bonds is 5. The molecule has 0 radical (unpaired) electrons. The van der Waals surface area contributed by atoms with Crippen molar-refractivity contribution >= 4 is 27.7 Å². The molecule has 5 rings (SSSR count). The number of carbonyl (C=O) groups excluding carboxylic acids is 1. The topological polar surface area (TPSA) is 52.2 Å². The number of nitrogens with zero attached hydrogens (tertiary/aromatic N) is 3. The number of nitrogens with one attached hydrogen (secondary N) is 1. The van der Waals surface area contributed by atoms with Gasteiger partial charge >= 0.3 is 0 Å². The first-order chi connectivity index (χ1) is 16.8. The average Bonchev–Trinajstić information content (AvgIpc) is 3.23. The number of pyridine rings is 1. The Balaban J connectivity index is 1.47. The largest absolute Gasteiger partial charge is 0.354 e. The van der Waals surface area contributed by atoms with E-state index < -0.39 is 0 Å². The molecule has 1 N–H and O–H groups in total. The monoisotopic (exact) mass is 468 g/mol. The van der Waals surface area contributed by atoms with Crippen molar-refractivity contribution in [2.45, 2.75) is 45.4 Å². The van der Waals surface area contributed by atoms with Crippen LogP contribution in [-0.2, 0) is 4.79 Å². The highest BCUT2D eigenvalue weighted by Gasteiger charge is 2.24. The molecule has 0 atom stereocenters. The van der Waals surface area contributed by atoms with Crippen LogP contribution in [0.3, 0.4) is 0 Å². The second-order valence-electron chi connectivity index (χ2n) is 10.6. The summed E-state index contributed by atoms with van der Waals surface area (Å²) in [6.07, 6.45) is 4.05. The number of piperidine rings is 1. The quantitative estimate of drug-likeness (QED) is 0.386. The van der Waals surface area contributed by atoms with E-state index in [1.807, 2.05) is 26.4 Å². The van der Waals surface area contributed by atoms with Crippen molar-refractivity contribution in [3.05, 3.63) is 65.4 Å². The fraction of sp³-hybridized carbons (Fsp3) is 0.400. The van der Waals surface area contributed by atoms with Crippen LogP contribution in [0.25, 0.3) is 33.1 Å². The predicted molar refractivity (Wildman–Crippen MR) is 145 cm³/mol. The number of hydrogen-bond donors (Lipinski definition) is 1. The molecule has 5 heteroatoms. The number of aromatic nitrogens is 2. The lowest BCUT2D eigenvalue weighted by Crippen LogP contribution is -2.40.